The van der Waals surface area contributed by atoms with Crippen molar-refractivity contribution in [2.45, 2.75) is 23.0 Å². The number of hydrogen-bond acceptors (Lipinski definition) is 3. The van der Waals surface area contributed by atoms with Crippen LogP contribution in [0.15, 0.2) is 29.2 Å². The number of nitrogens with zero attached hydrogens (tertiary/aromatic N) is 2. The molecule has 21 heavy (non-hydrogen) atoms. The minimum absolute atomic E-state index is 0.0881. The van der Waals surface area contributed by atoms with Crippen LogP contribution >= 0.6 is 27.7 Å². The summed E-state index contributed by atoms with van der Waals surface area (Å²) in [5, 5.41) is 1.10. The standard InChI is InChI=1S/C16H21BrN2OS/c17-6-9-18-7-3-8-19(11-10-18)16(20)15-12-13-4-1-2-5-14(13)21-15/h1-2,4-5,15H,3,6-12H2. The summed E-state index contributed by atoms with van der Waals surface area (Å²) in [7, 11) is 0. The van der Waals surface area contributed by atoms with E-state index in [0.717, 1.165) is 50.9 Å². The van der Waals surface area contributed by atoms with E-state index >= 15 is 0 Å². The van der Waals surface area contributed by atoms with Crippen LogP contribution in [0.1, 0.15) is 12.0 Å². The van der Waals surface area contributed by atoms with E-state index in [1.807, 2.05) is 0 Å². The average Bonchev–Trinajstić information content (AvgIpc) is 2.80. The molecule has 0 N–H and O–H groups in total. The first-order chi connectivity index (χ1) is 10.3. The largest absolute Gasteiger partial charge is 0.340 e. The molecule has 0 aromatic heterocycles. The van der Waals surface area contributed by atoms with Crippen LogP contribution in [-0.2, 0) is 11.2 Å². The van der Waals surface area contributed by atoms with Gasteiger partial charge in [0.1, 0.15) is 0 Å². The normalized spacial score (nSPS) is 22.9. The Labute approximate surface area is 139 Å². The van der Waals surface area contributed by atoms with Gasteiger partial charge in [0.25, 0.3) is 0 Å². The highest BCUT2D eigenvalue weighted by molar-refractivity contribution is 9.09. The van der Waals surface area contributed by atoms with Crippen molar-refractivity contribution < 1.29 is 4.79 Å². The first kappa shape index (κ1) is 15.4. The Balaban J connectivity index is 1.59. The van der Waals surface area contributed by atoms with E-state index in [0.29, 0.717) is 5.91 Å². The summed E-state index contributed by atoms with van der Waals surface area (Å²) in [5.41, 5.74) is 1.33. The second kappa shape index (κ2) is 7.16. The number of rotatable bonds is 3. The lowest BCUT2D eigenvalue weighted by Crippen LogP contribution is -2.40. The van der Waals surface area contributed by atoms with Crippen molar-refractivity contribution in [3.8, 4) is 0 Å². The Morgan fingerprint density at radius 3 is 2.90 bits per heavy atom. The minimum atomic E-state index is 0.0881. The van der Waals surface area contributed by atoms with Crippen molar-refractivity contribution in [2.24, 2.45) is 0 Å². The summed E-state index contributed by atoms with van der Waals surface area (Å²) < 4.78 is 0. The molecule has 5 heteroatoms. The Morgan fingerprint density at radius 1 is 1.24 bits per heavy atom. The number of benzene rings is 1. The number of carbonyl (C=O) groups is 1. The number of amides is 1. The van der Waals surface area contributed by atoms with Crippen LogP contribution in [0.25, 0.3) is 0 Å². The van der Waals surface area contributed by atoms with Crippen molar-refractivity contribution in [3.63, 3.8) is 0 Å². The Bertz CT molecular complexity index is 486. The van der Waals surface area contributed by atoms with Crippen molar-refractivity contribution in [1.29, 1.82) is 0 Å². The summed E-state index contributed by atoms with van der Waals surface area (Å²) in [4.78, 5) is 18.6. The lowest BCUT2D eigenvalue weighted by molar-refractivity contribution is -0.130. The smallest absolute Gasteiger partial charge is 0.236 e. The van der Waals surface area contributed by atoms with Crippen LogP contribution in [0.4, 0.5) is 0 Å². The predicted octanol–water partition coefficient (Wildman–Crippen LogP) is 2.63. The Kier molecular flexibility index (Phi) is 5.24. The van der Waals surface area contributed by atoms with Gasteiger partial charge in [0.15, 0.2) is 0 Å². The highest BCUT2D eigenvalue weighted by atomic mass is 79.9. The van der Waals surface area contributed by atoms with Gasteiger partial charge in [0.05, 0.1) is 5.25 Å². The minimum Gasteiger partial charge on any atom is -0.340 e. The molecule has 1 amide bonds. The fourth-order valence-electron chi connectivity index (χ4n) is 3.06. The molecular formula is C16H21BrN2OS. The molecule has 3 nitrogen and oxygen atoms in total. The van der Waals surface area contributed by atoms with Gasteiger partial charge in [-0.3, -0.25) is 4.79 Å². The number of alkyl halides is 1. The maximum Gasteiger partial charge on any atom is 0.236 e. The molecule has 0 saturated carbocycles. The van der Waals surface area contributed by atoms with Crippen LogP contribution in [0.5, 0.6) is 0 Å². The summed E-state index contributed by atoms with van der Waals surface area (Å²) in [5.74, 6) is 0.330. The molecule has 114 valence electrons. The van der Waals surface area contributed by atoms with Crippen LogP contribution in [0.2, 0.25) is 0 Å². The van der Waals surface area contributed by atoms with E-state index in [1.54, 1.807) is 11.8 Å². The molecule has 0 spiro atoms. The zero-order chi connectivity index (χ0) is 14.7. The molecule has 1 unspecified atom stereocenters. The average molecular weight is 369 g/mol. The monoisotopic (exact) mass is 368 g/mol. The van der Waals surface area contributed by atoms with Gasteiger partial charge in [0.2, 0.25) is 5.91 Å². The van der Waals surface area contributed by atoms with E-state index in [-0.39, 0.29) is 5.25 Å². The SMILES string of the molecule is O=C(C1Cc2ccccc2S1)N1CCCN(CCBr)CC1. The molecule has 2 aliphatic heterocycles. The zero-order valence-corrected chi connectivity index (χ0v) is 14.5. The highest BCUT2D eigenvalue weighted by Crippen LogP contribution is 2.37. The van der Waals surface area contributed by atoms with Gasteiger partial charge in [-0.1, -0.05) is 34.1 Å². The molecule has 1 saturated heterocycles. The third-order valence-electron chi connectivity index (χ3n) is 4.22. The predicted molar refractivity (Wildman–Crippen MR) is 91.2 cm³/mol. The third-order valence-corrected chi connectivity index (χ3v) is 5.88. The van der Waals surface area contributed by atoms with Gasteiger partial charge in [-0.2, -0.15) is 0 Å². The van der Waals surface area contributed by atoms with Crippen molar-refractivity contribution in [2.75, 3.05) is 38.1 Å². The lowest BCUT2D eigenvalue weighted by atomic mass is 10.1. The van der Waals surface area contributed by atoms with E-state index in [4.69, 9.17) is 0 Å². The number of hydrogen-bond donors (Lipinski definition) is 0. The molecule has 2 aliphatic rings. The molecule has 1 fully saturated rings. The van der Waals surface area contributed by atoms with Crippen molar-refractivity contribution in [1.82, 2.24) is 9.80 Å². The second-order valence-electron chi connectivity index (χ2n) is 5.63. The number of thioether (sulfide) groups is 1. The van der Waals surface area contributed by atoms with Gasteiger partial charge in [-0.15, -0.1) is 11.8 Å². The molecule has 1 aromatic carbocycles. The summed E-state index contributed by atoms with van der Waals surface area (Å²) in [6, 6.07) is 8.41. The van der Waals surface area contributed by atoms with E-state index in [1.165, 1.54) is 10.5 Å². The third kappa shape index (κ3) is 3.63. The van der Waals surface area contributed by atoms with Gasteiger partial charge in [0, 0.05) is 36.4 Å². The van der Waals surface area contributed by atoms with Crippen molar-refractivity contribution >= 4 is 33.6 Å². The first-order valence-corrected chi connectivity index (χ1v) is 9.59. The van der Waals surface area contributed by atoms with Crippen LogP contribution in [0.3, 0.4) is 0 Å². The highest BCUT2D eigenvalue weighted by Gasteiger charge is 2.31. The Morgan fingerprint density at radius 2 is 2.10 bits per heavy atom. The Hall–Kier alpha value is -0.520. The number of halogens is 1. The fourth-order valence-corrected chi connectivity index (χ4v) is 4.84. The summed E-state index contributed by atoms with van der Waals surface area (Å²) in [6.07, 6.45) is 1.98. The van der Waals surface area contributed by atoms with Crippen molar-refractivity contribution in [3.05, 3.63) is 29.8 Å². The van der Waals surface area contributed by atoms with Gasteiger partial charge < -0.3 is 9.80 Å². The van der Waals surface area contributed by atoms with Crippen LogP contribution in [0, 0.1) is 0 Å². The molecule has 2 heterocycles. The maximum atomic E-state index is 12.8. The molecule has 1 aromatic rings. The van der Waals surface area contributed by atoms with Gasteiger partial charge in [-0.05, 0) is 31.0 Å². The van der Waals surface area contributed by atoms with Gasteiger partial charge >= 0.3 is 0 Å². The molecule has 0 aliphatic carbocycles. The lowest BCUT2D eigenvalue weighted by Gasteiger charge is -2.24. The number of carbonyl (C=O) groups excluding carboxylic acids is 1. The molecule has 0 bridgehead atoms. The molecule has 3 rings (SSSR count). The zero-order valence-electron chi connectivity index (χ0n) is 12.1. The quantitative estimate of drug-likeness (QED) is 0.766. The fraction of sp³-hybridized carbons (Fsp3) is 0.562. The number of fused-ring (bicyclic) bond motifs is 1. The van der Waals surface area contributed by atoms with Gasteiger partial charge in [-0.25, -0.2) is 0 Å². The maximum absolute atomic E-state index is 12.8. The second-order valence-corrected chi connectivity index (χ2v) is 7.67. The van der Waals surface area contributed by atoms with E-state index in [2.05, 4.69) is 50.0 Å². The van der Waals surface area contributed by atoms with E-state index < -0.39 is 0 Å². The summed E-state index contributed by atoms with van der Waals surface area (Å²) in [6.45, 7) is 4.96. The molecule has 1 atom stereocenters. The molecule has 0 radical (unpaired) electrons. The van der Waals surface area contributed by atoms with E-state index in [9.17, 15) is 4.79 Å². The van der Waals surface area contributed by atoms with Crippen LogP contribution in [-0.4, -0.2) is 59.0 Å². The topological polar surface area (TPSA) is 23.6 Å². The summed E-state index contributed by atoms with van der Waals surface area (Å²) >= 11 is 5.24. The first-order valence-electron chi connectivity index (χ1n) is 7.59. The van der Waals surface area contributed by atoms with Crippen LogP contribution < -0.4 is 0 Å². The molecular weight excluding hydrogens is 348 g/mol.